The summed E-state index contributed by atoms with van der Waals surface area (Å²) in [4.78, 5) is 161. The number of nitrogens with one attached hydrogen (secondary N) is 3. The van der Waals surface area contributed by atoms with Crippen molar-refractivity contribution in [2.24, 2.45) is 28.7 Å². The first-order chi connectivity index (χ1) is 67.9. The average Bonchev–Trinajstić information content (AvgIpc) is 0.834. The monoisotopic (exact) mass is 1990 g/mol. The Morgan fingerprint density at radius 3 is 0.938 bits per heavy atom. The molecule has 0 aliphatic rings. The minimum Gasteiger partial charge on any atom is -0.478 e. The molecule has 0 fully saturated rings. The SMILES string of the molecule is Cc1ccc(N)cc1C(N)=O.Cc1ccc(Nc2nccc(N(C)c3ccc(CC(=O)Cc4ccc(OC(F)(F)F)cc4)cc3)n2)cc1C(N)=O.Cc1ccc(Nc2nccc(N(C)c3ccc(N)cc3)n2)cc1C(N)=O.Cc1ccc(Nc2nccc(N(C)c3ccc([N+](=O)[O-])cc3)n2)cc1C(N)=O.Cc1ccc([N+](=O)[O-])cc1C(=O)Cl.Cc1ccc([N+](=O)[O-])cc1C(=O)O.Cc1ccc([N+](=O)[O-])cc1C(N)=O. The van der Waals surface area contributed by atoms with E-state index >= 15 is 0 Å². The lowest BCUT2D eigenvalue weighted by Gasteiger charge is -2.19. The topological polar surface area (TPSA) is 644 Å². The second-order valence-corrected chi connectivity index (χ2v) is 31.6. The zero-order chi connectivity index (χ0) is 106. The van der Waals surface area contributed by atoms with Gasteiger partial charge in [0.1, 0.15) is 29.0 Å². The number of Topliss-reactive ketones (excluding diaryl/α,β-unsaturated/α-hetero) is 1. The predicted molar refractivity (Wildman–Crippen MR) is 538 cm³/mol. The number of carboxylic acids is 1. The Morgan fingerprint density at radius 2 is 0.625 bits per heavy atom. The highest BCUT2D eigenvalue weighted by Gasteiger charge is 2.31. The van der Waals surface area contributed by atoms with Gasteiger partial charge in [0, 0.05) is 180 Å². The number of aromatic carboxylic acids is 1. The van der Waals surface area contributed by atoms with Crippen LogP contribution in [0.25, 0.3) is 0 Å². The van der Waals surface area contributed by atoms with Crippen LogP contribution in [0.4, 0.5) is 117 Å². The Balaban J connectivity index is 0.000000216. The van der Waals surface area contributed by atoms with Crippen molar-refractivity contribution in [2.75, 3.05) is 63.3 Å². The van der Waals surface area contributed by atoms with Crippen molar-refractivity contribution in [3.05, 3.63) is 391 Å². The summed E-state index contributed by atoms with van der Waals surface area (Å²) in [6.45, 7) is 12.2. The lowest BCUT2D eigenvalue weighted by atomic mass is 10.0. The first-order valence-electron chi connectivity index (χ1n) is 42.3. The fourth-order valence-electron chi connectivity index (χ4n) is 12.9. The summed E-state index contributed by atoms with van der Waals surface area (Å²) in [5.41, 5.74) is 51.3. The third-order valence-electron chi connectivity index (χ3n) is 20.8. The number of alkyl halides is 3. The third kappa shape index (κ3) is 33.0. The minimum absolute atomic E-state index is 0.0202. The van der Waals surface area contributed by atoms with E-state index in [0.29, 0.717) is 102 Å². The van der Waals surface area contributed by atoms with Crippen molar-refractivity contribution in [3.8, 4) is 5.75 Å². The first-order valence-corrected chi connectivity index (χ1v) is 42.7. The summed E-state index contributed by atoms with van der Waals surface area (Å²) >= 11 is 5.22. The van der Waals surface area contributed by atoms with Crippen molar-refractivity contribution in [1.82, 2.24) is 29.9 Å². The Bertz CT molecular complexity index is 6940. The molecule has 14 rings (SSSR count). The quantitative estimate of drug-likeness (QED) is 0.00939. The van der Waals surface area contributed by atoms with E-state index in [1.54, 1.807) is 150 Å². The van der Waals surface area contributed by atoms with Crippen LogP contribution < -0.4 is 75.5 Å². The number of halogens is 4. The molecule has 11 aromatic carbocycles. The standard InChI is InChI=1S/C29H26F3N5O3.C19H18N6O3.C19H20N6O.C8H6ClNO3.C8H8N2O3.C8H10N2O.C8H7NO4/c1-18-3-8-21(17-25(18)27(33)39)35-28-34-14-13-26(36-28)37(2)22-9-4-19(5-10-22)15-23(38)16-20-6-11-24(12-7-20)40-29(30,31)32;1-12-3-4-13(11-16(12)18(20)26)22-19-21-10-9-17(23-19)24(2)14-5-7-15(8-6-14)25(27)28;1-12-3-6-14(11-16(12)18(21)26)23-19-22-10-9-17(24-19)25(2)15-7-4-13(20)5-8-15;2*1-5-2-3-6(10(12)13)4-7(5)8(9)11;1-5-2-3-6(9)4-7(5)8(10)11;1-5-2-3-6(9(12)13)4-7(5)8(10)11/h3-14,17H,15-16H2,1-2H3,(H2,33,39)(H,34,35,36);3-11H,1-2H3,(H2,20,26)(H,21,22,23);3-11H,20H2,1-2H3,(H2,21,26)(H,22,23,24);2-4H,1H3;2-4H,1H3,(H2,9,11);2-4H,9H2,1H3,(H2,10,11);2-4H,1H3,(H,10,11). The van der Waals surface area contributed by atoms with Crippen molar-refractivity contribution in [3.63, 3.8) is 0 Å². The van der Waals surface area contributed by atoms with Gasteiger partial charge in [-0.3, -0.25) is 74.0 Å². The number of ketones is 1. The van der Waals surface area contributed by atoms with Crippen LogP contribution in [0.2, 0.25) is 0 Å². The molecule has 5 amide bonds. The van der Waals surface area contributed by atoms with E-state index in [-0.39, 0.29) is 63.8 Å². The van der Waals surface area contributed by atoms with Gasteiger partial charge in [0.05, 0.1) is 25.3 Å². The summed E-state index contributed by atoms with van der Waals surface area (Å²) in [5.74, 6) is -1.12. The van der Waals surface area contributed by atoms with Crippen LogP contribution in [0.15, 0.2) is 261 Å². The Morgan fingerprint density at radius 1 is 0.361 bits per heavy atom. The maximum atomic E-state index is 12.5. The number of carbonyl (C=O) groups excluding carboxylic acids is 7. The number of nitro groups is 4. The Hall–Kier alpha value is -19.3. The molecule has 144 heavy (non-hydrogen) atoms. The zero-order valence-electron chi connectivity index (χ0n) is 78.5. The number of aromatic nitrogens is 6. The molecule has 0 spiro atoms. The van der Waals surface area contributed by atoms with E-state index in [1.807, 2.05) is 104 Å². The number of nitro benzene ring substituents is 4. The van der Waals surface area contributed by atoms with Crippen LogP contribution in [-0.2, 0) is 17.6 Å². The third-order valence-corrected chi connectivity index (χ3v) is 21.0. The average molecular weight is 1990 g/mol. The first kappa shape index (κ1) is 110. The summed E-state index contributed by atoms with van der Waals surface area (Å²) < 4.78 is 40.8. The number of nitrogens with zero attached hydrogens (tertiary/aromatic N) is 13. The number of nitrogen functional groups attached to an aromatic ring is 2. The van der Waals surface area contributed by atoms with Crippen LogP contribution >= 0.6 is 11.6 Å². The maximum absolute atomic E-state index is 12.5. The van der Waals surface area contributed by atoms with Crippen LogP contribution in [0, 0.1) is 88.9 Å². The molecule has 18 N–H and O–H groups in total. The van der Waals surface area contributed by atoms with Gasteiger partial charge in [-0.15, -0.1) is 13.2 Å². The van der Waals surface area contributed by atoms with Crippen molar-refractivity contribution < 1.29 is 81.1 Å². The number of hydrogen-bond acceptors (Lipinski definition) is 31. The molecule has 0 aliphatic heterocycles. The second-order valence-electron chi connectivity index (χ2n) is 31.2. The van der Waals surface area contributed by atoms with Gasteiger partial charge < -0.3 is 80.6 Å². The smallest absolute Gasteiger partial charge is 0.478 e. The molecule has 742 valence electrons. The van der Waals surface area contributed by atoms with E-state index in [2.05, 4.69) is 50.6 Å². The molecule has 45 heteroatoms. The molecular formula is C99H95ClF3N23O18. The van der Waals surface area contributed by atoms with Gasteiger partial charge in [-0.25, -0.2) is 19.7 Å². The fourth-order valence-corrected chi connectivity index (χ4v) is 13.1. The molecule has 0 atom stereocenters. The number of nitrogens with two attached hydrogens (primary N) is 7. The maximum Gasteiger partial charge on any atom is 0.573 e. The van der Waals surface area contributed by atoms with Crippen molar-refractivity contribution in [1.29, 1.82) is 0 Å². The summed E-state index contributed by atoms with van der Waals surface area (Å²) in [5, 5.41) is 59.0. The number of carbonyl (C=O) groups is 8. The lowest BCUT2D eigenvalue weighted by Crippen LogP contribution is -2.17. The normalized spacial score (nSPS) is 10.3. The number of amides is 5. The van der Waals surface area contributed by atoms with Gasteiger partial charge in [0.15, 0.2) is 0 Å². The van der Waals surface area contributed by atoms with Crippen molar-refractivity contribution in [2.45, 2.75) is 67.7 Å². The van der Waals surface area contributed by atoms with Gasteiger partial charge in [-0.05, 0) is 238 Å². The van der Waals surface area contributed by atoms with E-state index in [9.17, 15) is 92.0 Å². The second kappa shape index (κ2) is 50.7. The molecule has 0 saturated carbocycles. The predicted octanol–water partition coefficient (Wildman–Crippen LogP) is 17.5. The Labute approximate surface area is 824 Å². The Kier molecular flexibility index (Phi) is 38.7. The zero-order valence-corrected chi connectivity index (χ0v) is 79.3. The highest BCUT2D eigenvalue weighted by atomic mass is 35.5. The number of benzene rings is 11. The summed E-state index contributed by atoms with van der Waals surface area (Å²) in [6.07, 6.45) is 0.378. The van der Waals surface area contributed by atoms with Crippen LogP contribution in [0.3, 0.4) is 0 Å². The fraction of sp³-hybridized carbons (Fsp3) is 0.131. The summed E-state index contributed by atoms with van der Waals surface area (Å²) in [6, 6.07) is 64.3. The van der Waals surface area contributed by atoms with Crippen LogP contribution in [-0.4, -0.2) is 129 Å². The van der Waals surface area contributed by atoms with Gasteiger partial charge in [-0.2, -0.15) is 15.0 Å². The highest BCUT2D eigenvalue weighted by molar-refractivity contribution is 6.68. The molecular weight excluding hydrogens is 1890 g/mol. The van der Waals surface area contributed by atoms with E-state index in [0.717, 1.165) is 56.8 Å². The highest BCUT2D eigenvalue weighted by Crippen LogP contribution is 2.32. The number of ether oxygens (including phenoxy) is 1. The lowest BCUT2D eigenvalue weighted by molar-refractivity contribution is -0.385. The number of rotatable bonds is 28. The molecule has 0 unspecified atom stereocenters. The number of aryl methyl sites for hydroxylation is 7. The number of carboxylic acid groups (broad SMARTS) is 1. The van der Waals surface area contributed by atoms with Crippen LogP contribution in [0.1, 0.15) is 123 Å². The largest absolute Gasteiger partial charge is 0.573 e. The molecule has 14 aromatic rings. The molecule has 0 radical (unpaired) electrons. The molecule has 0 aliphatic carbocycles. The number of primary amides is 5. The molecule has 3 heterocycles. The van der Waals surface area contributed by atoms with E-state index in [4.69, 9.17) is 56.8 Å². The number of non-ortho nitro benzene ring substituents is 4. The molecule has 41 nitrogen and oxygen atoms in total. The van der Waals surface area contributed by atoms with E-state index < -0.39 is 66.8 Å². The number of anilines is 14. The van der Waals surface area contributed by atoms with Gasteiger partial charge in [-0.1, -0.05) is 66.7 Å². The van der Waals surface area contributed by atoms with Gasteiger partial charge in [0.2, 0.25) is 47.4 Å². The summed E-state index contributed by atoms with van der Waals surface area (Å²) in [7, 11) is 5.55. The van der Waals surface area contributed by atoms with Crippen LogP contribution in [0.5, 0.6) is 5.75 Å². The molecule has 0 saturated heterocycles. The van der Waals surface area contributed by atoms with Gasteiger partial charge in [0.25, 0.3) is 28.0 Å². The molecule has 3 aromatic heterocycles. The number of hydrogen-bond donors (Lipinski definition) is 11. The minimum atomic E-state index is -4.76. The van der Waals surface area contributed by atoms with E-state index in [1.165, 1.54) is 84.9 Å². The van der Waals surface area contributed by atoms with Crippen molar-refractivity contribution >= 4 is 162 Å². The molecule has 0 bridgehead atoms. The van der Waals surface area contributed by atoms with Gasteiger partial charge >= 0.3 is 12.3 Å².